The number of amides is 1. The smallest absolute Gasteiger partial charge is 0.408 e. The maximum atomic E-state index is 12.3. The molecule has 0 bridgehead atoms. The molecule has 0 aromatic heterocycles. The minimum absolute atomic E-state index is 0.231. The van der Waals surface area contributed by atoms with Crippen LogP contribution < -0.4 is 10.6 Å². The number of ether oxygens (including phenoxy) is 2. The SMILES string of the molecule is CC(C)C[C@H](NC(=O)OC(C)(C)C)C(O)OC(=NC1CCCCC1)NC1CCCCC1. The van der Waals surface area contributed by atoms with E-state index >= 15 is 0 Å². The van der Waals surface area contributed by atoms with Crippen LogP contribution in [-0.2, 0) is 9.47 Å². The molecule has 0 radical (unpaired) electrons. The molecule has 31 heavy (non-hydrogen) atoms. The summed E-state index contributed by atoms with van der Waals surface area (Å²) in [5.74, 6) is 0.267. The lowest BCUT2D eigenvalue weighted by atomic mass is 9.95. The number of amidine groups is 1. The lowest BCUT2D eigenvalue weighted by Gasteiger charge is -2.30. The lowest BCUT2D eigenvalue weighted by molar-refractivity contribution is -0.0650. The normalized spacial score (nSPS) is 21.5. The molecule has 0 saturated heterocycles. The summed E-state index contributed by atoms with van der Waals surface area (Å²) in [5, 5.41) is 17.2. The van der Waals surface area contributed by atoms with Gasteiger partial charge in [0.05, 0.1) is 12.1 Å². The van der Waals surface area contributed by atoms with E-state index in [9.17, 15) is 9.90 Å². The first-order valence-electron chi connectivity index (χ1n) is 12.3. The molecular formula is C24H45N3O4. The van der Waals surface area contributed by atoms with Gasteiger partial charge >= 0.3 is 6.09 Å². The molecule has 0 aliphatic heterocycles. The maximum Gasteiger partial charge on any atom is 0.408 e. The van der Waals surface area contributed by atoms with Crippen molar-refractivity contribution < 1.29 is 19.4 Å². The highest BCUT2D eigenvalue weighted by molar-refractivity contribution is 5.74. The highest BCUT2D eigenvalue weighted by atomic mass is 16.6. The average Bonchev–Trinajstić information content (AvgIpc) is 2.67. The Labute approximate surface area is 188 Å². The van der Waals surface area contributed by atoms with Crippen LogP contribution >= 0.6 is 0 Å². The largest absolute Gasteiger partial charge is 0.444 e. The van der Waals surface area contributed by atoms with Gasteiger partial charge in [-0.15, -0.1) is 0 Å². The molecule has 2 rings (SSSR count). The molecule has 2 aliphatic carbocycles. The molecule has 2 atom stereocenters. The molecule has 2 aliphatic rings. The molecule has 7 heteroatoms. The van der Waals surface area contributed by atoms with Gasteiger partial charge in [-0.25, -0.2) is 9.79 Å². The van der Waals surface area contributed by atoms with Crippen molar-refractivity contribution in [1.29, 1.82) is 0 Å². The van der Waals surface area contributed by atoms with Gasteiger partial charge in [-0.2, -0.15) is 0 Å². The van der Waals surface area contributed by atoms with Gasteiger partial charge in [-0.1, -0.05) is 52.4 Å². The second-order valence-electron chi connectivity index (χ2n) is 10.6. The van der Waals surface area contributed by atoms with E-state index in [0.29, 0.717) is 18.5 Å². The number of hydrogen-bond acceptors (Lipinski definition) is 5. The monoisotopic (exact) mass is 439 g/mol. The highest BCUT2D eigenvalue weighted by Gasteiger charge is 2.29. The van der Waals surface area contributed by atoms with Gasteiger partial charge in [0.15, 0.2) is 0 Å². The first-order chi connectivity index (χ1) is 14.6. The Morgan fingerprint density at radius 3 is 2.16 bits per heavy atom. The van der Waals surface area contributed by atoms with Gasteiger partial charge in [0.1, 0.15) is 5.60 Å². The van der Waals surface area contributed by atoms with Gasteiger partial charge in [-0.3, -0.25) is 0 Å². The van der Waals surface area contributed by atoms with Crippen molar-refractivity contribution >= 4 is 12.1 Å². The first kappa shape index (κ1) is 25.8. The second-order valence-corrected chi connectivity index (χ2v) is 10.6. The van der Waals surface area contributed by atoms with Gasteiger partial charge in [0.2, 0.25) is 6.29 Å². The van der Waals surface area contributed by atoms with Gasteiger partial charge in [0, 0.05) is 6.04 Å². The van der Waals surface area contributed by atoms with Gasteiger partial charge in [0.25, 0.3) is 6.02 Å². The predicted molar refractivity (Wildman–Crippen MR) is 124 cm³/mol. The van der Waals surface area contributed by atoms with E-state index in [-0.39, 0.29) is 12.0 Å². The molecule has 180 valence electrons. The van der Waals surface area contributed by atoms with Crippen LogP contribution in [0.2, 0.25) is 0 Å². The third kappa shape index (κ3) is 10.6. The standard InChI is InChI=1S/C24H45N3O4/c1-17(2)16-20(27-23(29)31-24(3,4)5)21(28)30-22(25-18-12-8-6-9-13-18)26-19-14-10-7-11-15-19/h17-21,28H,6-16H2,1-5H3,(H,25,26)(H,27,29)/t20-,21?/m0/s1. The number of hydrogen-bond donors (Lipinski definition) is 3. The summed E-state index contributed by atoms with van der Waals surface area (Å²) in [6, 6.07) is 0.394. The Morgan fingerprint density at radius 2 is 1.61 bits per heavy atom. The molecule has 7 nitrogen and oxygen atoms in total. The zero-order valence-corrected chi connectivity index (χ0v) is 20.3. The summed E-state index contributed by atoms with van der Waals surface area (Å²) < 4.78 is 11.4. The number of alkyl carbamates (subject to hydrolysis) is 1. The van der Waals surface area contributed by atoms with Crippen LogP contribution in [-0.4, -0.2) is 47.2 Å². The van der Waals surface area contributed by atoms with Crippen molar-refractivity contribution in [2.75, 3.05) is 0 Å². The van der Waals surface area contributed by atoms with E-state index in [4.69, 9.17) is 14.5 Å². The van der Waals surface area contributed by atoms with Crippen LogP contribution in [0.5, 0.6) is 0 Å². The van der Waals surface area contributed by atoms with Crippen molar-refractivity contribution in [3.8, 4) is 0 Å². The number of nitrogens with one attached hydrogen (secondary N) is 2. The fourth-order valence-corrected chi connectivity index (χ4v) is 4.31. The van der Waals surface area contributed by atoms with Crippen molar-refractivity contribution in [3.05, 3.63) is 0 Å². The molecule has 0 spiro atoms. The summed E-state index contributed by atoms with van der Waals surface area (Å²) >= 11 is 0. The first-order valence-corrected chi connectivity index (χ1v) is 12.3. The molecule has 0 heterocycles. The van der Waals surface area contributed by atoms with Crippen LogP contribution in [0.25, 0.3) is 0 Å². The number of carbonyl (C=O) groups excluding carboxylic acids is 1. The van der Waals surface area contributed by atoms with Crippen molar-refractivity contribution in [3.63, 3.8) is 0 Å². The summed E-state index contributed by atoms with van der Waals surface area (Å²) in [6.07, 6.45) is 10.4. The molecular weight excluding hydrogens is 394 g/mol. The number of carbonyl (C=O) groups is 1. The Bertz CT molecular complexity index is 562. The zero-order chi connectivity index (χ0) is 22.9. The Balaban J connectivity index is 2.07. The van der Waals surface area contributed by atoms with Crippen molar-refractivity contribution in [2.45, 2.75) is 135 Å². The molecule has 2 saturated carbocycles. The minimum Gasteiger partial charge on any atom is -0.444 e. The van der Waals surface area contributed by atoms with E-state index in [0.717, 1.165) is 25.7 Å². The summed E-state index contributed by atoms with van der Waals surface area (Å²) in [6.45, 7) is 9.56. The Morgan fingerprint density at radius 1 is 1.03 bits per heavy atom. The molecule has 0 aromatic rings. The van der Waals surface area contributed by atoms with E-state index in [1.807, 2.05) is 34.6 Å². The molecule has 3 N–H and O–H groups in total. The Hall–Kier alpha value is -1.50. The number of nitrogens with zero attached hydrogens (tertiary/aromatic N) is 1. The average molecular weight is 440 g/mol. The third-order valence-corrected chi connectivity index (χ3v) is 5.81. The Kier molecular flexibility index (Phi) is 10.4. The van der Waals surface area contributed by atoms with Crippen LogP contribution in [0, 0.1) is 5.92 Å². The van der Waals surface area contributed by atoms with Crippen LogP contribution in [0.4, 0.5) is 4.79 Å². The number of rotatable bonds is 7. The van der Waals surface area contributed by atoms with Crippen molar-refractivity contribution in [1.82, 2.24) is 10.6 Å². The maximum absolute atomic E-state index is 12.3. The topological polar surface area (TPSA) is 92.2 Å². The van der Waals surface area contributed by atoms with E-state index < -0.39 is 24.0 Å². The third-order valence-electron chi connectivity index (χ3n) is 5.81. The van der Waals surface area contributed by atoms with Crippen LogP contribution in [0.3, 0.4) is 0 Å². The van der Waals surface area contributed by atoms with Crippen LogP contribution in [0.15, 0.2) is 4.99 Å². The lowest BCUT2D eigenvalue weighted by Crippen LogP contribution is -2.50. The summed E-state index contributed by atoms with van der Waals surface area (Å²) in [4.78, 5) is 17.2. The fourth-order valence-electron chi connectivity index (χ4n) is 4.31. The fraction of sp³-hybridized carbons (Fsp3) is 0.917. The van der Waals surface area contributed by atoms with Crippen LogP contribution in [0.1, 0.15) is 105 Å². The molecule has 2 fully saturated rings. The minimum atomic E-state index is -1.20. The summed E-state index contributed by atoms with van der Waals surface area (Å²) in [7, 11) is 0. The molecule has 0 aromatic carbocycles. The number of aliphatic hydroxyl groups is 1. The predicted octanol–water partition coefficient (Wildman–Crippen LogP) is 4.87. The zero-order valence-electron chi connectivity index (χ0n) is 20.3. The molecule has 1 amide bonds. The van der Waals surface area contributed by atoms with Crippen molar-refractivity contribution in [2.24, 2.45) is 10.9 Å². The van der Waals surface area contributed by atoms with E-state index in [1.165, 1.54) is 38.5 Å². The number of aliphatic hydroxyl groups excluding tert-OH is 1. The highest BCUT2D eigenvalue weighted by Crippen LogP contribution is 2.22. The van der Waals surface area contributed by atoms with E-state index in [2.05, 4.69) is 10.6 Å². The van der Waals surface area contributed by atoms with E-state index in [1.54, 1.807) is 0 Å². The second kappa shape index (κ2) is 12.5. The molecule has 1 unspecified atom stereocenters. The number of aliphatic imine (C=N–C) groups is 1. The quantitative estimate of drug-likeness (QED) is 0.299. The van der Waals surface area contributed by atoms with Gasteiger partial charge in [-0.05, 0) is 58.8 Å². The summed E-state index contributed by atoms with van der Waals surface area (Å²) in [5.41, 5.74) is -0.603. The van der Waals surface area contributed by atoms with Gasteiger partial charge < -0.3 is 25.2 Å².